The molecule has 2 fully saturated rings. The van der Waals surface area contributed by atoms with E-state index in [-0.39, 0.29) is 54.1 Å². The maximum Gasteiger partial charge on any atom is 0.538 e. The minimum atomic E-state index is -1.52. The summed E-state index contributed by atoms with van der Waals surface area (Å²) in [6.45, 7) is 23.9. The highest BCUT2D eigenvalue weighted by Crippen LogP contribution is 2.61. The number of carbonyl (C=O) groups is 3. The standard InChI is InChI=1S/C35H56N2O5/c1-13-34(11,30(40)37-27(29(38)39)17-26-19-32(7,8)33(9,10)28(26)37)36-35(12,31(41)42-20-21(2)3)18-24(6)25-15-14-22(4)23(5)16-25/h14-16,21,24,26-28,36H,13,17-20H2,1-12H3,(H,38,39)/p+1/t24?,26-,27+,28-,34+,35+/m1/s1/i/hD3. The van der Waals surface area contributed by atoms with Crippen molar-refractivity contribution in [3.05, 3.63) is 34.9 Å². The molecule has 3 rings (SSSR count). The van der Waals surface area contributed by atoms with Crippen LogP contribution in [0.25, 0.3) is 0 Å². The minimum Gasteiger partial charge on any atom is -0.563 e. The maximum absolute atomic E-state index is 15.0. The quantitative estimate of drug-likeness (QED) is 0.260. The molecule has 1 aromatic rings. The van der Waals surface area contributed by atoms with Gasteiger partial charge in [0.25, 0.3) is 0 Å². The molecule has 42 heavy (non-hydrogen) atoms. The number of benzene rings is 1. The third kappa shape index (κ3) is 6.27. The molecular weight excluding hydrogens is 528 g/mol. The van der Waals surface area contributed by atoms with Crippen molar-refractivity contribution in [1.29, 1.82) is 2.86 Å². The molecule has 1 aromatic carbocycles. The summed E-state index contributed by atoms with van der Waals surface area (Å²) in [5.74, 6) is -1.90. The Bertz CT molecular complexity index is 1280. The average molecular weight is 589 g/mol. The summed E-state index contributed by atoms with van der Waals surface area (Å²) in [7, 11) is 0. The lowest BCUT2D eigenvalue weighted by molar-refractivity contribution is -0.159. The summed E-state index contributed by atoms with van der Waals surface area (Å²) in [5.41, 5.74) is -0.224. The van der Waals surface area contributed by atoms with E-state index in [1.807, 2.05) is 47.6 Å². The number of amides is 1. The lowest BCUT2D eigenvalue weighted by atomic mass is 9.68. The number of rotatable bonds is 11. The van der Waals surface area contributed by atoms with Gasteiger partial charge in [-0.1, -0.05) is 73.6 Å². The van der Waals surface area contributed by atoms with E-state index in [1.165, 1.54) is 5.56 Å². The smallest absolute Gasteiger partial charge is 0.538 e. The zero-order valence-electron chi connectivity index (χ0n) is 31.1. The van der Waals surface area contributed by atoms with Crippen LogP contribution in [0.5, 0.6) is 0 Å². The molecule has 1 unspecified atom stereocenters. The van der Waals surface area contributed by atoms with Crippen LogP contribution in [0.1, 0.15) is 118 Å². The first kappa shape index (κ1) is 29.7. The van der Waals surface area contributed by atoms with Crippen molar-refractivity contribution < 1.29 is 25.6 Å². The molecule has 1 aliphatic carbocycles. The van der Waals surface area contributed by atoms with E-state index in [0.717, 1.165) is 28.0 Å². The Balaban J connectivity index is 2.12. The van der Waals surface area contributed by atoms with Gasteiger partial charge in [-0.3, -0.25) is 14.9 Å². The van der Waals surface area contributed by atoms with Crippen LogP contribution in [0.2, 0.25) is 1.41 Å². The van der Waals surface area contributed by atoms with Gasteiger partial charge < -0.3 is 14.7 Å². The van der Waals surface area contributed by atoms with Gasteiger partial charge >= 0.3 is 14.8 Å². The molecule has 7 nitrogen and oxygen atoms in total. The maximum atomic E-state index is 15.0. The number of hydrogen-bond donors (Lipinski definition) is 1. The van der Waals surface area contributed by atoms with Crippen LogP contribution in [0.15, 0.2) is 18.2 Å². The van der Waals surface area contributed by atoms with Gasteiger partial charge in [-0.25, -0.2) is 0 Å². The molecule has 0 spiro atoms. The fourth-order valence-electron chi connectivity index (χ4n) is 7.34. The molecule has 0 radical (unpaired) electrons. The highest BCUT2D eigenvalue weighted by Gasteiger charge is 2.65. The normalized spacial score (nSPS) is 27.3. The number of fused-ring (bicyclic) bond motifs is 1. The topological polar surface area (TPSA) is 98.6 Å². The van der Waals surface area contributed by atoms with Crippen LogP contribution in [0, 0.1) is 36.5 Å². The number of carbonyl (C=O) groups excluding carboxylic acids is 3. The van der Waals surface area contributed by atoms with Gasteiger partial charge in [-0.2, -0.15) is 0 Å². The van der Waals surface area contributed by atoms with Crippen molar-refractivity contribution in [3.8, 4) is 0 Å². The van der Waals surface area contributed by atoms with Crippen LogP contribution in [0.4, 0.5) is 0 Å². The van der Waals surface area contributed by atoms with Crippen molar-refractivity contribution in [3.63, 3.8) is 0 Å². The van der Waals surface area contributed by atoms with E-state index < -0.39 is 35.0 Å². The van der Waals surface area contributed by atoms with Crippen molar-refractivity contribution in [1.82, 2.24) is 10.2 Å². The van der Waals surface area contributed by atoms with Gasteiger partial charge in [-0.15, -0.1) is 0 Å². The number of ether oxygens (including phenoxy) is 1. The first-order valence-corrected chi connectivity index (χ1v) is 15.7. The average Bonchev–Trinajstić information content (AvgIpc) is 3.41. The Hall–Kier alpha value is -2.41. The second kappa shape index (κ2) is 11.9. The fraction of sp³-hybridized carbons (Fsp3) is 0.743. The largest absolute Gasteiger partial charge is 0.563 e. The third-order valence-corrected chi connectivity index (χ3v) is 10.8. The summed E-state index contributed by atoms with van der Waals surface area (Å²) < 4.78 is 30.8. The Morgan fingerprint density at radius 1 is 1.14 bits per heavy atom. The van der Waals surface area contributed by atoms with Gasteiger partial charge in [0, 0.05) is 10.8 Å². The monoisotopic (exact) mass is 588 g/mol. The molecular formula is C35H57N2O5+. The zero-order valence-corrected chi connectivity index (χ0v) is 28.1. The zero-order chi connectivity index (χ0) is 34.4. The Morgan fingerprint density at radius 3 is 2.33 bits per heavy atom. The van der Waals surface area contributed by atoms with E-state index in [0.29, 0.717) is 6.42 Å². The van der Waals surface area contributed by atoms with Crippen molar-refractivity contribution in [2.75, 3.05) is 6.61 Å². The molecule has 2 aliphatic rings. The van der Waals surface area contributed by atoms with E-state index in [2.05, 4.69) is 39.8 Å². The highest BCUT2D eigenvalue weighted by molar-refractivity contribution is 5.92. The predicted octanol–water partition coefficient (Wildman–Crippen LogP) is 5.81. The number of nitrogens with one attached hydrogen (secondary N) is 1. The molecule has 3 N–H and O–H groups in total. The van der Waals surface area contributed by atoms with Crippen molar-refractivity contribution >= 4 is 17.8 Å². The van der Waals surface area contributed by atoms with E-state index >= 15 is 4.79 Å². The number of aryl methyl sites for hydroxylation is 2. The molecule has 1 saturated carbocycles. The van der Waals surface area contributed by atoms with Crippen LogP contribution in [0.3, 0.4) is 0 Å². The summed E-state index contributed by atoms with van der Waals surface area (Å²) in [5, 5.41) is 2.10. The number of nitrogens with zero attached hydrogens (tertiary/aromatic N) is 1. The lowest BCUT2D eigenvalue weighted by Crippen LogP contribution is -2.68. The molecule has 1 aliphatic heterocycles. The summed E-state index contributed by atoms with van der Waals surface area (Å²) >= 11 is 0. The van der Waals surface area contributed by atoms with E-state index in [1.54, 1.807) is 18.7 Å². The van der Waals surface area contributed by atoms with Crippen LogP contribution in [-0.2, 0) is 19.1 Å². The second-order valence-electron chi connectivity index (χ2n) is 15.3. The predicted molar refractivity (Wildman–Crippen MR) is 168 cm³/mol. The Labute approximate surface area is 258 Å². The molecule has 6 atom stereocenters. The van der Waals surface area contributed by atoms with Gasteiger partial charge in [-0.05, 0) is 98.7 Å². The van der Waals surface area contributed by atoms with E-state index in [9.17, 15) is 11.0 Å². The van der Waals surface area contributed by atoms with Crippen LogP contribution < -0.4 is 5.31 Å². The van der Waals surface area contributed by atoms with E-state index in [4.69, 9.17) is 7.60 Å². The second-order valence-corrected chi connectivity index (χ2v) is 15.3. The highest BCUT2D eigenvalue weighted by atomic mass is 16.5. The van der Waals surface area contributed by atoms with Crippen molar-refractivity contribution in [2.45, 2.75) is 138 Å². The van der Waals surface area contributed by atoms with Gasteiger partial charge in [0.1, 0.15) is 6.95 Å². The first-order valence-electron chi connectivity index (χ1n) is 17.0. The lowest BCUT2D eigenvalue weighted by Gasteiger charge is -2.47. The Morgan fingerprint density at radius 2 is 1.79 bits per heavy atom. The number of esters is 1. The van der Waals surface area contributed by atoms with Crippen LogP contribution in [-0.4, -0.2) is 60.5 Å². The summed E-state index contributed by atoms with van der Waals surface area (Å²) in [4.78, 5) is 43.8. The number of hydrogen-bond acceptors (Lipinski definition) is 5. The molecule has 7 heteroatoms. The molecule has 0 aromatic heterocycles. The molecule has 1 heterocycles. The van der Waals surface area contributed by atoms with Gasteiger partial charge in [0.05, 0.1) is 12.1 Å². The Kier molecular flexibility index (Phi) is 8.43. The summed E-state index contributed by atoms with van der Waals surface area (Å²) in [6.07, 6.45) is 1.56. The van der Waals surface area contributed by atoms with Crippen molar-refractivity contribution in [2.24, 2.45) is 22.7 Å². The first-order chi connectivity index (χ1) is 20.6. The fourth-order valence-corrected chi connectivity index (χ4v) is 7.34. The minimum absolute atomic E-state index is 0.000861. The molecule has 236 valence electrons. The van der Waals surface area contributed by atoms with Gasteiger partial charge in [0.2, 0.25) is 5.91 Å². The third-order valence-electron chi connectivity index (χ3n) is 10.8. The molecule has 1 amide bonds. The molecule has 1 saturated heterocycles. The SMILES string of the molecule is [2H]N([C@@](C)(CC(C)c1ccc(C)c(C)c1)C(=O)OCC(C)C)[C@@](C)(CC)C(=O)N1[C@H](C(=O)[O+]([2H])[2H])C[C@@H]2CC(C)(C)C(C)(C)[C@@H]21. The molecule has 0 bridgehead atoms. The number of likely N-dealkylation sites (tertiary alicyclic amines) is 1. The van der Waals surface area contributed by atoms with Gasteiger partial charge in [0.15, 0.2) is 6.04 Å². The van der Waals surface area contributed by atoms with Crippen LogP contribution >= 0.6 is 0 Å². The summed E-state index contributed by atoms with van der Waals surface area (Å²) in [6, 6.07) is 4.85.